The molecule has 0 spiro atoms. The van der Waals surface area contributed by atoms with E-state index in [0.29, 0.717) is 18.1 Å². The molecule has 2 heteroatoms. The van der Waals surface area contributed by atoms with Gasteiger partial charge in [0, 0.05) is 0 Å². The van der Waals surface area contributed by atoms with Crippen LogP contribution in [0.15, 0.2) is 10.2 Å². The summed E-state index contributed by atoms with van der Waals surface area (Å²) in [7, 11) is 0. The standard InChI is InChI=1S/C12H21O.3CH3.Sn/c1-4-6-7-8-12-9-11(5-2)10(3)13-12;;;;/h10-12H,2,4,6-9H2,1,3H3;3*1H3;/t10-,11-,12+;;;;/m1..../s1. The van der Waals surface area contributed by atoms with E-state index in [0.717, 1.165) is 0 Å². The van der Waals surface area contributed by atoms with Crippen LogP contribution in [0.2, 0.25) is 14.8 Å². The van der Waals surface area contributed by atoms with Crippen LogP contribution in [0.3, 0.4) is 0 Å². The van der Waals surface area contributed by atoms with Gasteiger partial charge in [-0.3, -0.25) is 0 Å². The van der Waals surface area contributed by atoms with Crippen LogP contribution in [0.25, 0.3) is 0 Å². The Bertz CT molecular complexity index is 254. The third-order valence-electron chi connectivity index (χ3n) is 4.03. The molecule has 0 amide bonds. The van der Waals surface area contributed by atoms with Crippen molar-refractivity contribution in [2.45, 2.75) is 73.0 Å². The fourth-order valence-electron chi connectivity index (χ4n) is 2.72. The molecule has 1 aliphatic heterocycles. The zero-order valence-electron chi connectivity index (χ0n) is 12.4. The summed E-state index contributed by atoms with van der Waals surface area (Å²) < 4.78 is 7.68. The molecule has 3 atom stereocenters. The Morgan fingerprint density at radius 2 is 1.94 bits per heavy atom. The van der Waals surface area contributed by atoms with E-state index in [9.17, 15) is 0 Å². The molecule has 1 aliphatic rings. The topological polar surface area (TPSA) is 9.23 Å². The van der Waals surface area contributed by atoms with Gasteiger partial charge in [-0.25, -0.2) is 0 Å². The van der Waals surface area contributed by atoms with Crippen molar-refractivity contribution in [3.8, 4) is 0 Å². The van der Waals surface area contributed by atoms with Gasteiger partial charge >= 0.3 is 112 Å². The summed E-state index contributed by atoms with van der Waals surface area (Å²) in [5.74, 6) is 0.650. The van der Waals surface area contributed by atoms with Gasteiger partial charge in [0.15, 0.2) is 0 Å². The molecule has 1 heterocycles. The van der Waals surface area contributed by atoms with Gasteiger partial charge in [-0.1, -0.05) is 0 Å². The molecule has 0 saturated carbocycles. The number of unbranched alkanes of at least 4 members (excludes halogenated alkanes) is 2. The van der Waals surface area contributed by atoms with Crippen molar-refractivity contribution in [2.24, 2.45) is 5.92 Å². The van der Waals surface area contributed by atoms with Crippen molar-refractivity contribution < 1.29 is 4.74 Å². The molecule has 1 nitrogen and oxygen atoms in total. The van der Waals surface area contributed by atoms with Crippen LogP contribution in [-0.2, 0) is 4.74 Å². The van der Waals surface area contributed by atoms with Gasteiger partial charge in [0.05, 0.1) is 0 Å². The monoisotopic (exact) mass is 346 g/mol. The molecule has 1 rings (SSSR count). The van der Waals surface area contributed by atoms with E-state index in [-0.39, 0.29) is 0 Å². The molecule has 17 heavy (non-hydrogen) atoms. The Balaban J connectivity index is 2.47. The van der Waals surface area contributed by atoms with E-state index in [1.165, 1.54) is 32.1 Å². The molecule has 0 aromatic rings. The predicted octanol–water partition coefficient (Wildman–Crippen LogP) is 4.79. The van der Waals surface area contributed by atoms with Gasteiger partial charge < -0.3 is 0 Å². The van der Waals surface area contributed by atoms with Crippen LogP contribution in [-0.4, -0.2) is 30.6 Å². The van der Waals surface area contributed by atoms with Crippen LogP contribution in [0.5, 0.6) is 0 Å². The summed E-state index contributed by atoms with van der Waals surface area (Å²) in [5, 5.41) is 0. The average molecular weight is 345 g/mol. The van der Waals surface area contributed by atoms with Gasteiger partial charge in [-0.15, -0.1) is 0 Å². The van der Waals surface area contributed by atoms with E-state index in [2.05, 4.69) is 35.2 Å². The first kappa shape index (κ1) is 15.6. The summed E-state index contributed by atoms with van der Waals surface area (Å²) in [5.41, 5.74) is 0. The third-order valence-corrected chi connectivity index (χ3v) is 10.6. The first-order valence-corrected chi connectivity index (χ1v) is 17.2. The molecule has 0 radical (unpaired) electrons. The van der Waals surface area contributed by atoms with Gasteiger partial charge in [0.2, 0.25) is 0 Å². The predicted molar refractivity (Wildman–Crippen MR) is 79.1 cm³/mol. The Morgan fingerprint density at radius 3 is 2.47 bits per heavy atom. The zero-order chi connectivity index (χ0) is 13.1. The molecule has 1 saturated heterocycles. The number of hydrogen-bond donors (Lipinski definition) is 0. The summed E-state index contributed by atoms with van der Waals surface area (Å²) in [6.07, 6.45) is 7.37. The minimum atomic E-state index is -1.94. The van der Waals surface area contributed by atoms with Crippen LogP contribution in [0.1, 0.15) is 46.0 Å². The average Bonchev–Trinajstić information content (AvgIpc) is 2.57. The van der Waals surface area contributed by atoms with Crippen molar-refractivity contribution in [2.75, 3.05) is 0 Å². The molecule has 100 valence electrons. The van der Waals surface area contributed by atoms with Gasteiger partial charge in [0.25, 0.3) is 0 Å². The maximum absolute atomic E-state index is 6.11. The Kier molecular flexibility index (Phi) is 6.04. The molecular formula is C15H30OSn. The first-order chi connectivity index (χ1) is 7.86. The van der Waals surface area contributed by atoms with Gasteiger partial charge in [-0.2, -0.15) is 0 Å². The molecule has 0 aromatic heterocycles. The molecular weight excluding hydrogens is 315 g/mol. The summed E-state index contributed by atoms with van der Waals surface area (Å²) in [6.45, 7) is 8.91. The van der Waals surface area contributed by atoms with Gasteiger partial charge in [-0.05, 0) is 0 Å². The molecule has 0 aliphatic carbocycles. The first-order valence-electron chi connectivity index (χ1n) is 7.21. The normalized spacial score (nSPS) is 29.6. The van der Waals surface area contributed by atoms with E-state index in [4.69, 9.17) is 4.74 Å². The Labute approximate surface area is 112 Å². The molecule has 0 N–H and O–H groups in total. The SMILES string of the molecule is C=[C]([C@@H]1C[C@H](CCCCC)O[C@@H]1C)[Sn]([CH3])([CH3])[CH3]. The molecule has 1 fully saturated rings. The molecule has 0 bridgehead atoms. The van der Waals surface area contributed by atoms with Crippen LogP contribution in [0.4, 0.5) is 0 Å². The Hall–Kier alpha value is 0.499. The Morgan fingerprint density at radius 1 is 1.29 bits per heavy atom. The van der Waals surface area contributed by atoms with Crippen molar-refractivity contribution in [1.29, 1.82) is 0 Å². The van der Waals surface area contributed by atoms with E-state index >= 15 is 0 Å². The second-order valence-electron chi connectivity index (χ2n) is 6.58. The van der Waals surface area contributed by atoms with E-state index in [1.54, 1.807) is 3.59 Å². The molecule has 0 aromatic carbocycles. The van der Waals surface area contributed by atoms with E-state index in [1.807, 2.05) is 0 Å². The summed E-state index contributed by atoms with van der Waals surface area (Å²) in [4.78, 5) is 7.40. The third kappa shape index (κ3) is 4.59. The number of hydrogen-bond acceptors (Lipinski definition) is 1. The van der Waals surface area contributed by atoms with Crippen LogP contribution >= 0.6 is 0 Å². The maximum atomic E-state index is 6.11. The number of ether oxygens (including phenoxy) is 1. The van der Waals surface area contributed by atoms with Crippen LogP contribution in [0, 0.1) is 5.92 Å². The fraction of sp³-hybridized carbons (Fsp3) is 0.867. The minimum absolute atomic E-state index is 0.407. The number of rotatable bonds is 6. The van der Waals surface area contributed by atoms with Crippen molar-refractivity contribution in [3.05, 3.63) is 10.2 Å². The van der Waals surface area contributed by atoms with Gasteiger partial charge in [0.1, 0.15) is 0 Å². The second kappa shape index (κ2) is 6.60. The van der Waals surface area contributed by atoms with Crippen LogP contribution < -0.4 is 0 Å². The quantitative estimate of drug-likeness (QED) is 0.497. The van der Waals surface area contributed by atoms with Crippen molar-refractivity contribution in [1.82, 2.24) is 0 Å². The zero-order valence-corrected chi connectivity index (χ0v) is 15.2. The van der Waals surface area contributed by atoms with Crippen molar-refractivity contribution >= 4 is 18.4 Å². The second-order valence-corrected chi connectivity index (χ2v) is 21.3. The van der Waals surface area contributed by atoms with E-state index < -0.39 is 18.4 Å². The fourth-order valence-corrected chi connectivity index (χ4v) is 6.90. The van der Waals surface area contributed by atoms with Crippen molar-refractivity contribution in [3.63, 3.8) is 0 Å². The summed E-state index contributed by atoms with van der Waals surface area (Å²) in [6, 6.07) is 0. The summed E-state index contributed by atoms with van der Waals surface area (Å²) >= 11 is -1.94. The molecule has 0 unspecified atom stereocenters.